The van der Waals surface area contributed by atoms with Gasteiger partial charge in [0.2, 0.25) is 0 Å². The zero-order valence-electron chi connectivity index (χ0n) is 12.5. The lowest BCUT2D eigenvalue weighted by Gasteiger charge is -2.29. The normalized spacial score (nSPS) is 31.8. The second-order valence-electron chi connectivity index (χ2n) is 6.29. The number of Topliss-reactive ketones (excluding diaryl/α,β-unsaturated/α-hetero) is 1. The summed E-state index contributed by atoms with van der Waals surface area (Å²) < 4.78 is 12.7. The number of nitro benzene ring substituents is 1. The minimum absolute atomic E-state index is 0.0102. The van der Waals surface area contributed by atoms with Gasteiger partial charge in [-0.05, 0) is 30.4 Å². The number of benzene rings is 1. The monoisotopic (exact) mass is 343 g/mol. The maximum atomic E-state index is 12.8. The molecule has 4 rings (SSSR count). The second-order valence-corrected chi connectivity index (χ2v) is 7.74. The van der Waals surface area contributed by atoms with Crippen molar-refractivity contribution in [1.82, 2.24) is 0 Å². The highest BCUT2D eigenvalue weighted by atomic mass is 32.2. The zero-order chi connectivity index (χ0) is 17.0. The number of hydrogen-bond donors (Lipinski definition) is 0. The van der Waals surface area contributed by atoms with E-state index in [1.54, 1.807) is 0 Å². The lowest BCUT2D eigenvalue weighted by Crippen LogP contribution is -2.38. The van der Waals surface area contributed by atoms with E-state index in [1.807, 2.05) is 12.2 Å². The van der Waals surface area contributed by atoms with Crippen LogP contribution in [0.2, 0.25) is 0 Å². The molecule has 1 unspecified atom stereocenters. The molecule has 1 fully saturated rings. The number of ketones is 2. The largest absolute Gasteiger partial charge is 0.294 e. The highest BCUT2D eigenvalue weighted by molar-refractivity contribution is 7.90. The smallest absolute Gasteiger partial charge is 0.269 e. The molecule has 6 nitrogen and oxygen atoms in total. The van der Waals surface area contributed by atoms with E-state index in [4.69, 9.17) is 0 Å². The van der Waals surface area contributed by atoms with Gasteiger partial charge in [-0.1, -0.05) is 12.2 Å². The number of fused-ring (bicyclic) bond motifs is 5. The Balaban J connectivity index is 1.66. The summed E-state index contributed by atoms with van der Waals surface area (Å²) in [6.45, 7) is 0. The van der Waals surface area contributed by atoms with E-state index in [0.717, 1.165) is 6.42 Å². The Morgan fingerprint density at radius 1 is 1.04 bits per heavy atom. The highest BCUT2D eigenvalue weighted by Gasteiger charge is 2.54. The summed E-state index contributed by atoms with van der Waals surface area (Å²) in [5.74, 6) is -0.925. The summed E-state index contributed by atoms with van der Waals surface area (Å²) >= 11 is 0. The first-order chi connectivity index (χ1) is 11.5. The Morgan fingerprint density at radius 3 is 2.29 bits per heavy atom. The van der Waals surface area contributed by atoms with Gasteiger partial charge >= 0.3 is 0 Å². The fraction of sp³-hybridized carbons (Fsp3) is 0.294. The number of hydrogen-bond acceptors (Lipinski definition) is 5. The van der Waals surface area contributed by atoms with Gasteiger partial charge in [0, 0.05) is 34.9 Å². The van der Waals surface area contributed by atoms with Gasteiger partial charge in [0.25, 0.3) is 5.69 Å². The van der Waals surface area contributed by atoms with Crippen molar-refractivity contribution in [3.8, 4) is 0 Å². The Labute approximate surface area is 139 Å². The van der Waals surface area contributed by atoms with Crippen LogP contribution < -0.4 is 0 Å². The van der Waals surface area contributed by atoms with E-state index >= 15 is 0 Å². The molecule has 0 aromatic heterocycles. The maximum Gasteiger partial charge on any atom is 0.269 e. The van der Waals surface area contributed by atoms with E-state index in [-0.39, 0.29) is 44.8 Å². The van der Waals surface area contributed by atoms with Crippen LogP contribution in [-0.4, -0.2) is 20.7 Å². The molecule has 2 bridgehead atoms. The minimum atomic E-state index is -1.81. The summed E-state index contributed by atoms with van der Waals surface area (Å²) in [5, 5.41) is 10.7. The van der Waals surface area contributed by atoms with Crippen molar-refractivity contribution < 1.29 is 18.7 Å². The lowest BCUT2D eigenvalue weighted by atomic mass is 9.75. The Kier molecular flexibility index (Phi) is 3.35. The fourth-order valence-corrected chi connectivity index (χ4v) is 5.17. The van der Waals surface area contributed by atoms with Crippen LogP contribution in [0.25, 0.3) is 0 Å². The van der Waals surface area contributed by atoms with Gasteiger partial charge in [0.15, 0.2) is 11.6 Å². The van der Waals surface area contributed by atoms with Crippen molar-refractivity contribution >= 4 is 28.1 Å². The van der Waals surface area contributed by atoms with Crippen LogP contribution in [0.4, 0.5) is 5.69 Å². The van der Waals surface area contributed by atoms with Crippen molar-refractivity contribution in [2.75, 3.05) is 0 Å². The van der Waals surface area contributed by atoms with Crippen LogP contribution in [0.1, 0.15) is 6.42 Å². The molecule has 0 spiro atoms. The third-order valence-corrected chi connectivity index (χ3v) is 6.49. The maximum absolute atomic E-state index is 12.8. The predicted molar refractivity (Wildman–Crippen MR) is 85.3 cm³/mol. The summed E-state index contributed by atoms with van der Waals surface area (Å²) in [4.78, 5) is 35.6. The van der Waals surface area contributed by atoms with Gasteiger partial charge in [0.1, 0.15) is 0 Å². The molecule has 122 valence electrons. The van der Waals surface area contributed by atoms with Crippen molar-refractivity contribution in [3.63, 3.8) is 0 Å². The quantitative estimate of drug-likeness (QED) is 0.476. The Morgan fingerprint density at radius 2 is 1.67 bits per heavy atom. The van der Waals surface area contributed by atoms with Crippen LogP contribution >= 0.6 is 0 Å². The van der Waals surface area contributed by atoms with E-state index in [1.165, 1.54) is 30.3 Å². The molecule has 3 aliphatic carbocycles. The number of nitrogens with zero attached hydrogens (tertiary/aromatic N) is 1. The molecule has 1 aromatic carbocycles. The molecule has 24 heavy (non-hydrogen) atoms. The third-order valence-electron chi connectivity index (χ3n) is 5.07. The number of nitro groups is 1. The van der Waals surface area contributed by atoms with E-state index in [0.29, 0.717) is 0 Å². The van der Waals surface area contributed by atoms with Crippen LogP contribution in [0, 0.1) is 33.8 Å². The molecular formula is C17H13NO5S. The van der Waals surface area contributed by atoms with Crippen molar-refractivity contribution in [3.05, 3.63) is 57.5 Å². The third kappa shape index (κ3) is 2.11. The average molecular weight is 343 g/mol. The molecule has 0 radical (unpaired) electrons. The molecule has 0 aliphatic heterocycles. The summed E-state index contributed by atoms with van der Waals surface area (Å²) in [6, 6.07) is 5.21. The number of allylic oxidation sites excluding steroid dienone is 4. The second kappa shape index (κ2) is 5.31. The molecule has 0 heterocycles. The van der Waals surface area contributed by atoms with E-state index < -0.39 is 21.6 Å². The summed E-state index contributed by atoms with van der Waals surface area (Å²) in [6.07, 6.45) is 6.01. The van der Waals surface area contributed by atoms with Crippen LogP contribution in [-0.2, 0) is 20.4 Å². The molecule has 0 saturated heterocycles. The minimum Gasteiger partial charge on any atom is -0.294 e. The first-order valence-electron chi connectivity index (χ1n) is 7.61. The van der Waals surface area contributed by atoms with Crippen molar-refractivity contribution in [2.24, 2.45) is 23.7 Å². The number of carbonyl (C=O) groups excluding carboxylic acids is 2. The van der Waals surface area contributed by atoms with Gasteiger partial charge in [-0.25, -0.2) is 4.21 Å². The van der Waals surface area contributed by atoms with Crippen molar-refractivity contribution in [2.45, 2.75) is 11.3 Å². The Hall–Kier alpha value is -2.41. The zero-order valence-corrected chi connectivity index (χ0v) is 13.3. The van der Waals surface area contributed by atoms with E-state index in [9.17, 15) is 23.9 Å². The number of rotatable bonds is 3. The number of carbonyl (C=O) groups is 2. The van der Waals surface area contributed by atoms with Crippen LogP contribution in [0.3, 0.4) is 0 Å². The van der Waals surface area contributed by atoms with E-state index in [2.05, 4.69) is 0 Å². The standard InChI is InChI=1S/C17H13NO5S/c19-13-8-14(17(20)16-10-2-1-9(7-10)15(13)16)24(23)12-5-3-11(4-6-12)18(21)22/h1-6,8-10,15-16H,7H2/t9-,10+,15+,16+,24?/m0/s1. The molecule has 1 saturated carbocycles. The SMILES string of the molecule is O=C1C=C(S(=O)c2ccc([N+](=O)[O-])cc2)C(=O)[C@H]2[C@@H]1[C@H]1C=C[C@@H]2C1. The average Bonchev–Trinajstić information content (AvgIpc) is 3.19. The molecule has 5 atom stereocenters. The molecule has 1 aromatic rings. The first kappa shape index (κ1) is 15.1. The molecule has 3 aliphatic rings. The Bertz CT molecular complexity index is 854. The van der Waals surface area contributed by atoms with Gasteiger partial charge in [-0.2, -0.15) is 0 Å². The van der Waals surface area contributed by atoms with Crippen LogP contribution in [0.5, 0.6) is 0 Å². The van der Waals surface area contributed by atoms with Gasteiger partial charge in [-0.3, -0.25) is 19.7 Å². The predicted octanol–water partition coefficient (Wildman–Crippen LogP) is 2.18. The topological polar surface area (TPSA) is 94.3 Å². The summed E-state index contributed by atoms with van der Waals surface area (Å²) in [5.41, 5.74) is -0.117. The van der Waals surface area contributed by atoms with Crippen LogP contribution in [0.15, 0.2) is 52.3 Å². The molecule has 0 amide bonds. The molecule has 0 N–H and O–H groups in total. The fourth-order valence-electron chi connectivity index (χ4n) is 3.99. The highest BCUT2D eigenvalue weighted by Crippen LogP contribution is 2.51. The lowest BCUT2D eigenvalue weighted by molar-refractivity contribution is -0.384. The molecule has 7 heteroatoms. The number of non-ortho nitro benzene ring substituents is 1. The van der Waals surface area contributed by atoms with Crippen molar-refractivity contribution in [1.29, 1.82) is 0 Å². The van der Waals surface area contributed by atoms with Gasteiger partial charge in [0.05, 0.1) is 20.6 Å². The van der Waals surface area contributed by atoms with Gasteiger partial charge < -0.3 is 0 Å². The van der Waals surface area contributed by atoms with Gasteiger partial charge in [-0.15, -0.1) is 0 Å². The first-order valence-corrected chi connectivity index (χ1v) is 8.76. The molecular weight excluding hydrogens is 330 g/mol. The summed E-state index contributed by atoms with van der Waals surface area (Å²) in [7, 11) is -1.81.